The van der Waals surface area contributed by atoms with Gasteiger partial charge in [0.2, 0.25) is 11.8 Å². The number of aromatic nitrogens is 1. The molecule has 0 radical (unpaired) electrons. The van der Waals surface area contributed by atoms with Crippen LogP contribution in [0, 0.1) is 12.7 Å². The lowest BCUT2D eigenvalue weighted by Crippen LogP contribution is -2.35. The normalized spacial score (nSPS) is 19.3. The maximum absolute atomic E-state index is 13.0. The Morgan fingerprint density at radius 1 is 1.33 bits per heavy atom. The summed E-state index contributed by atoms with van der Waals surface area (Å²) in [6, 6.07) is 6.11. The minimum Gasteiger partial charge on any atom is -0.442 e. The SMILES string of the molecule is Cc1oc(-c2ccc(F)cc2)nc1CC(=O)NCC1CN(C2CC2)C(=O)O1. The summed E-state index contributed by atoms with van der Waals surface area (Å²) in [7, 11) is 0. The first-order valence-electron chi connectivity index (χ1n) is 8.96. The van der Waals surface area contributed by atoms with E-state index >= 15 is 0 Å². The number of aryl methyl sites for hydroxylation is 1. The van der Waals surface area contributed by atoms with E-state index in [1.165, 1.54) is 12.1 Å². The van der Waals surface area contributed by atoms with E-state index < -0.39 is 0 Å². The number of amides is 2. The molecule has 1 aromatic carbocycles. The summed E-state index contributed by atoms with van der Waals surface area (Å²) < 4.78 is 23.9. The van der Waals surface area contributed by atoms with Gasteiger partial charge in [0, 0.05) is 11.6 Å². The lowest BCUT2D eigenvalue weighted by Gasteiger charge is -2.11. The number of rotatable bonds is 6. The second-order valence-corrected chi connectivity index (χ2v) is 6.90. The highest BCUT2D eigenvalue weighted by atomic mass is 19.1. The van der Waals surface area contributed by atoms with Crippen LogP contribution in [0.3, 0.4) is 0 Å². The Bertz CT molecular complexity index is 860. The number of carbonyl (C=O) groups is 2. The summed E-state index contributed by atoms with van der Waals surface area (Å²) in [5, 5.41) is 2.78. The molecule has 2 amide bonds. The predicted octanol–water partition coefficient (Wildman–Crippen LogP) is 2.43. The van der Waals surface area contributed by atoms with E-state index in [1.807, 2.05) is 0 Å². The molecule has 2 aliphatic rings. The van der Waals surface area contributed by atoms with Gasteiger partial charge in [-0.05, 0) is 44.0 Å². The number of nitrogens with one attached hydrogen (secondary N) is 1. The zero-order chi connectivity index (χ0) is 19.0. The predicted molar refractivity (Wildman–Crippen MR) is 93.3 cm³/mol. The Morgan fingerprint density at radius 2 is 2.07 bits per heavy atom. The van der Waals surface area contributed by atoms with Crippen LogP contribution in [0.4, 0.5) is 9.18 Å². The molecule has 2 fully saturated rings. The molecular weight excluding hydrogens is 353 g/mol. The average Bonchev–Trinajstić information content (AvgIpc) is 3.33. The topological polar surface area (TPSA) is 84.7 Å². The zero-order valence-electron chi connectivity index (χ0n) is 14.9. The van der Waals surface area contributed by atoms with Gasteiger partial charge in [0.25, 0.3) is 0 Å². The molecule has 2 heterocycles. The Balaban J connectivity index is 1.32. The van der Waals surface area contributed by atoms with Crippen molar-refractivity contribution in [3.63, 3.8) is 0 Å². The van der Waals surface area contributed by atoms with Gasteiger partial charge in [-0.25, -0.2) is 14.2 Å². The summed E-state index contributed by atoms with van der Waals surface area (Å²) in [6.07, 6.45) is 1.48. The zero-order valence-corrected chi connectivity index (χ0v) is 14.9. The van der Waals surface area contributed by atoms with Crippen molar-refractivity contribution in [2.45, 2.75) is 38.3 Å². The molecule has 1 aromatic heterocycles. The van der Waals surface area contributed by atoms with Gasteiger partial charge in [-0.1, -0.05) is 0 Å². The van der Waals surface area contributed by atoms with Crippen LogP contribution >= 0.6 is 0 Å². The van der Waals surface area contributed by atoms with Gasteiger partial charge < -0.3 is 19.4 Å². The fraction of sp³-hybridized carbons (Fsp3) is 0.421. The van der Waals surface area contributed by atoms with Crippen LogP contribution in [-0.4, -0.2) is 47.1 Å². The first kappa shape index (κ1) is 17.5. The Labute approximate surface area is 155 Å². The van der Waals surface area contributed by atoms with Crippen LogP contribution in [0.1, 0.15) is 24.3 Å². The van der Waals surface area contributed by atoms with Crippen LogP contribution < -0.4 is 5.32 Å². The van der Waals surface area contributed by atoms with Gasteiger partial charge >= 0.3 is 6.09 Å². The minimum atomic E-state index is -0.338. The number of hydrogen-bond donors (Lipinski definition) is 1. The Morgan fingerprint density at radius 3 is 2.78 bits per heavy atom. The molecule has 1 N–H and O–H groups in total. The Kier molecular flexibility index (Phi) is 4.55. The highest BCUT2D eigenvalue weighted by Gasteiger charge is 2.40. The van der Waals surface area contributed by atoms with Crippen molar-refractivity contribution in [3.05, 3.63) is 41.5 Å². The molecule has 0 spiro atoms. The van der Waals surface area contributed by atoms with Crippen LogP contribution in [0.2, 0.25) is 0 Å². The van der Waals surface area contributed by atoms with Gasteiger partial charge in [-0.15, -0.1) is 0 Å². The highest BCUT2D eigenvalue weighted by Crippen LogP contribution is 2.30. The van der Waals surface area contributed by atoms with E-state index in [-0.39, 0.29) is 36.9 Å². The van der Waals surface area contributed by atoms with E-state index in [0.717, 1.165) is 12.8 Å². The van der Waals surface area contributed by atoms with E-state index in [1.54, 1.807) is 24.0 Å². The minimum absolute atomic E-state index is 0.0591. The quantitative estimate of drug-likeness (QED) is 0.841. The number of halogens is 1. The molecule has 1 atom stereocenters. The van der Waals surface area contributed by atoms with E-state index in [9.17, 15) is 14.0 Å². The lowest BCUT2D eigenvalue weighted by atomic mass is 10.2. The largest absolute Gasteiger partial charge is 0.442 e. The fourth-order valence-electron chi connectivity index (χ4n) is 3.08. The van der Waals surface area contributed by atoms with Crippen molar-refractivity contribution in [3.8, 4) is 11.5 Å². The van der Waals surface area contributed by atoms with Crippen molar-refractivity contribution in [1.29, 1.82) is 0 Å². The third kappa shape index (κ3) is 3.94. The molecule has 142 valence electrons. The van der Waals surface area contributed by atoms with Crippen molar-refractivity contribution >= 4 is 12.0 Å². The Hall–Kier alpha value is -2.90. The number of benzene rings is 1. The van der Waals surface area contributed by atoms with Crippen LogP contribution in [0.25, 0.3) is 11.5 Å². The summed E-state index contributed by atoms with van der Waals surface area (Å²) in [4.78, 5) is 30.0. The molecule has 1 unspecified atom stereocenters. The van der Waals surface area contributed by atoms with Gasteiger partial charge in [0.05, 0.1) is 25.2 Å². The summed E-state index contributed by atoms with van der Waals surface area (Å²) in [6.45, 7) is 2.52. The van der Waals surface area contributed by atoms with Crippen molar-refractivity contribution in [1.82, 2.24) is 15.2 Å². The first-order valence-corrected chi connectivity index (χ1v) is 8.96. The molecule has 0 bridgehead atoms. The molecule has 4 rings (SSSR count). The second kappa shape index (κ2) is 7.02. The standard InChI is InChI=1S/C19H20FN3O4/c1-11-16(22-18(26-11)12-2-4-13(20)5-3-12)8-17(24)21-9-15-10-23(14-6-7-14)19(25)27-15/h2-5,14-15H,6-10H2,1H3,(H,21,24). The van der Waals surface area contributed by atoms with Crippen LogP contribution in [-0.2, 0) is 16.0 Å². The van der Waals surface area contributed by atoms with Crippen molar-refractivity contribution < 1.29 is 23.1 Å². The maximum atomic E-state index is 13.0. The maximum Gasteiger partial charge on any atom is 0.410 e. The van der Waals surface area contributed by atoms with E-state index in [0.29, 0.717) is 35.5 Å². The van der Waals surface area contributed by atoms with Crippen molar-refractivity contribution in [2.24, 2.45) is 0 Å². The van der Waals surface area contributed by atoms with E-state index in [2.05, 4.69) is 10.3 Å². The van der Waals surface area contributed by atoms with Gasteiger partial charge in [0.15, 0.2) is 0 Å². The van der Waals surface area contributed by atoms with Crippen molar-refractivity contribution in [2.75, 3.05) is 13.1 Å². The molecule has 1 saturated carbocycles. The number of carbonyl (C=O) groups excluding carboxylic acids is 2. The number of cyclic esters (lactones) is 1. The number of nitrogens with zero attached hydrogens (tertiary/aromatic N) is 2. The second-order valence-electron chi connectivity index (χ2n) is 6.90. The molecular formula is C19H20FN3O4. The van der Waals surface area contributed by atoms with Gasteiger partial charge in [0.1, 0.15) is 17.7 Å². The third-order valence-electron chi connectivity index (χ3n) is 4.73. The van der Waals surface area contributed by atoms with Gasteiger partial charge in [-0.3, -0.25) is 4.79 Å². The number of oxazole rings is 1. The highest BCUT2D eigenvalue weighted by molar-refractivity contribution is 5.78. The molecule has 1 aliphatic carbocycles. The molecule has 7 nitrogen and oxygen atoms in total. The summed E-state index contributed by atoms with van der Waals surface area (Å²) in [5.41, 5.74) is 1.17. The first-order chi connectivity index (χ1) is 13.0. The number of ether oxygens (including phenoxy) is 1. The molecule has 8 heteroatoms. The third-order valence-corrected chi connectivity index (χ3v) is 4.73. The molecule has 1 saturated heterocycles. The lowest BCUT2D eigenvalue weighted by molar-refractivity contribution is -0.120. The van der Waals surface area contributed by atoms with E-state index in [4.69, 9.17) is 9.15 Å². The fourth-order valence-corrected chi connectivity index (χ4v) is 3.08. The smallest absolute Gasteiger partial charge is 0.410 e. The molecule has 27 heavy (non-hydrogen) atoms. The molecule has 2 aromatic rings. The monoisotopic (exact) mass is 373 g/mol. The molecule has 1 aliphatic heterocycles. The summed E-state index contributed by atoms with van der Waals surface area (Å²) in [5.74, 6) is 0.323. The number of hydrogen-bond acceptors (Lipinski definition) is 5. The van der Waals surface area contributed by atoms with Crippen LogP contribution in [0.15, 0.2) is 28.7 Å². The average molecular weight is 373 g/mol. The van der Waals surface area contributed by atoms with Gasteiger partial charge in [-0.2, -0.15) is 0 Å². The summed E-state index contributed by atoms with van der Waals surface area (Å²) >= 11 is 0. The van der Waals surface area contributed by atoms with Crippen LogP contribution in [0.5, 0.6) is 0 Å².